The predicted molar refractivity (Wildman–Crippen MR) is 118 cm³/mol. The van der Waals surface area contributed by atoms with E-state index in [1.54, 1.807) is 7.11 Å². The topological polar surface area (TPSA) is 58.8 Å². The number of nitrogens with zero attached hydrogens (tertiary/aromatic N) is 6. The van der Waals surface area contributed by atoms with Crippen molar-refractivity contribution in [2.45, 2.75) is 19.9 Å². The fourth-order valence-corrected chi connectivity index (χ4v) is 4.29. The molecule has 0 spiro atoms. The number of benzene rings is 2. The molecule has 1 aliphatic heterocycles. The van der Waals surface area contributed by atoms with Crippen LogP contribution in [0.3, 0.4) is 0 Å². The summed E-state index contributed by atoms with van der Waals surface area (Å²) in [6.07, 6.45) is 0.841. The molecule has 3 heterocycles. The molecule has 0 aliphatic carbocycles. The summed E-state index contributed by atoms with van der Waals surface area (Å²) in [5, 5.41) is 10.1. The average Bonchev–Trinajstić information content (AvgIpc) is 3.23. The van der Waals surface area contributed by atoms with Gasteiger partial charge in [-0.2, -0.15) is 0 Å². The predicted octanol–water partition coefficient (Wildman–Crippen LogP) is 3.17. The van der Waals surface area contributed by atoms with Gasteiger partial charge in [-0.25, -0.2) is 4.98 Å². The fraction of sp³-hybridized carbons (Fsp3) is 0.348. The molecule has 30 heavy (non-hydrogen) atoms. The van der Waals surface area contributed by atoms with Crippen LogP contribution >= 0.6 is 0 Å². The van der Waals surface area contributed by atoms with Crippen molar-refractivity contribution >= 4 is 22.2 Å². The van der Waals surface area contributed by atoms with E-state index < -0.39 is 0 Å². The molecule has 1 saturated heterocycles. The standard InChI is InChI=1S/C23H26N6O/c1-3-21-24-18-9-5-4-8-17(18)23-26-25-22(29(21)23)16-27-12-14-28(15-13-27)19-10-6-7-11-20(19)30-2/h4-11H,3,12-16H2,1-2H3. The molecule has 1 aliphatic rings. The minimum atomic E-state index is 0.772. The molecule has 0 bridgehead atoms. The number of aryl methyl sites for hydroxylation is 1. The quantitative estimate of drug-likeness (QED) is 0.511. The van der Waals surface area contributed by atoms with Gasteiger partial charge in [0.05, 0.1) is 24.9 Å². The molecule has 1 fully saturated rings. The number of methoxy groups -OCH3 is 1. The molecular weight excluding hydrogens is 376 g/mol. The van der Waals surface area contributed by atoms with Crippen LogP contribution in [0.2, 0.25) is 0 Å². The zero-order valence-electron chi connectivity index (χ0n) is 17.5. The first-order valence-corrected chi connectivity index (χ1v) is 10.5. The first-order chi connectivity index (χ1) is 14.8. The van der Waals surface area contributed by atoms with E-state index in [9.17, 15) is 0 Å². The fourth-order valence-electron chi connectivity index (χ4n) is 4.29. The van der Waals surface area contributed by atoms with E-state index in [1.165, 1.54) is 0 Å². The van der Waals surface area contributed by atoms with E-state index in [0.717, 1.165) is 78.8 Å². The third-order valence-electron chi connectivity index (χ3n) is 5.86. The number of anilines is 1. The molecule has 154 valence electrons. The third-order valence-corrected chi connectivity index (χ3v) is 5.86. The SMILES string of the molecule is CCc1nc2ccccc2c2nnc(CN3CCN(c4ccccc4OC)CC3)n12. The van der Waals surface area contributed by atoms with Crippen LogP contribution in [0, 0.1) is 0 Å². The average molecular weight is 403 g/mol. The van der Waals surface area contributed by atoms with Crippen LogP contribution in [-0.2, 0) is 13.0 Å². The van der Waals surface area contributed by atoms with E-state index in [1.807, 2.05) is 30.3 Å². The Balaban J connectivity index is 1.38. The first kappa shape index (κ1) is 18.8. The van der Waals surface area contributed by atoms with Gasteiger partial charge in [0.1, 0.15) is 11.6 Å². The summed E-state index contributed by atoms with van der Waals surface area (Å²) in [7, 11) is 1.73. The third kappa shape index (κ3) is 3.25. The molecule has 0 unspecified atom stereocenters. The van der Waals surface area contributed by atoms with Gasteiger partial charge in [-0.05, 0) is 24.3 Å². The van der Waals surface area contributed by atoms with Crippen LogP contribution in [0.25, 0.3) is 16.6 Å². The molecule has 4 aromatic rings. The van der Waals surface area contributed by atoms with Crippen LogP contribution in [0.15, 0.2) is 48.5 Å². The summed E-state index contributed by atoms with van der Waals surface area (Å²) in [6.45, 7) is 6.75. The number of piperazine rings is 1. The maximum Gasteiger partial charge on any atom is 0.171 e. The molecule has 7 nitrogen and oxygen atoms in total. The highest BCUT2D eigenvalue weighted by Crippen LogP contribution is 2.28. The van der Waals surface area contributed by atoms with E-state index >= 15 is 0 Å². The highest BCUT2D eigenvalue weighted by Gasteiger charge is 2.22. The lowest BCUT2D eigenvalue weighted by molar-refractivity contribution is 0.242. The van der Waals surface area contributed by atoms with Crippen molar-refractivity contribution in [1.82, 2.24) is 24.5 Å². The number of hydrogen-bond donors (Lipinski definition) is 0. The summed E-state index contributed by atoms with van der Waals surface area (Å²) in [5.74, 6) is 2.90. The molecule has 5 rings (SSSR count). The van der Waals surface area contributed by atoms with E-state index in [4.69, 9.17) is 9.72 Å². The van der Waals surface area contributed by atoms with Gasteiger partial charge in [0.2, 0.25) is 0 Å². The van der Waals surface area contributed by atoms with E-state index in [-0.39, 0.29) is 0 Å². The van der Waals surface area contributed by atoms with Crippen LogP contribution in [0.4, 0.5) is 5.69 Å². The summed E-state index contributed by atoms with van der Waals surface area (Å²) >= 11 is 0. The minimum Gasteiger partial charge on any atom is -0.495 e. The molecule has 0 radical (unpaired) electrons. The Morgan fingerprint density at radius 1 is 0.900 bits per heavy atom. The summed E-state index contributed by atoms with van der Waals surface area (Å²) in [4.78, 5) is 9.70. The summed E-state index contributed by atoms with van der Waals surface area (Å²) in [5.41, 5.74) is 3.04. The number of para-hydroxylation sites is 3. The smallest absolute Gasteiger partial charge is 0.171 e. The highest BCUT2D eigenvalue weighted by molar-refractivity contribution is 5.91. The zero-order valence-corrected chi connectivity index (χ0v) is 17.5. The van der Waals surface area contributed by atoms with Gasteiger partial charge in [-0.1, -0.05) is 31.2 Å². The molecule has 2 aromatic heterocycles. The van der Waals surface area contributed by atoms with Crippen LogP contribution in [-0.4, -0.2) is 57.8 Å². The van der Waals surface area contributed by atoms with Gasteiger partial charge in [0.15, 0.2) is 11.5 Å². The largest absolute Gasteiger partial charge is 0.495 e. The van der Waals surface area contributed by atoms with Crippen molar-refractivity contribution in [2.75, 3.05) is 38.2 Å². The molecule has 2 aromatic carbocycles. The molecule has 0 atom stereocenters. The number of ether oxygens (including phenoxy) is 1. The van der Waals surface area contributed by atoms with E-state index in [0.29, 0.717) is 0 Å². The number of hydrogen-bond acceptors (Lipinski definition) is 6. The molecule has 0 amide bonds. The Bertz CT molecular complexity index is 1180. The zero-order chi connectivity index (χ0) is 20.5. The molecular formula is C23H26N6O. The lowest BCUT2D eigenvalue weighted by Gasteiger charge is -2.36. The van der Waals surface area contributed by atoms with Crippen molar-refractivity contribution in [3.05, 3.63) is 60.2 Å². The second kappa shape index (κ2) is 7.91. The Hall–Kier alpha value is -3.19. The number of fused-ring (bicyclic) bond motifs is 3. The van der Waals surface area contributed by atoms with Crippen molar-refractivity contribution in [2.24, 2.45) is 0 Å². The first-order valence-electron chi connectivity index (χ1n) is 10.5. The van der Waals surface area contributed by atoms with Gasteiger partial charge in [0.25, 0.3) is 0 Å². The summed E-state index contributed by atoms with van der Waals surface area (Å²) in [6, 6.07) is 16.4. The molecule has 0 saturated carbocycles. The Labute approximate surface area is 175 Å². The van der Waals surface area contributed by atoms with Gasteiger partial charge in [-0.3, -0.25) is 9.30 Å². The van der Waals surface area contributed by atoms with Crippen molar-refractivity contribution in [3.8, 4) is 5.75 Å². The maximum absolute atomic E-state index is 5.54. The van der Waals surface area contributed by atoms with Crippen LogP contribution in [0.1, 0.15) is 18.6 Å². The lowest BCUT2D eigenvalue weighted by Crippen LogP contribution is -2.46. The van der Waals surface area contributed by atoms with Crippen molar-refractivity contribution < 1.29 is 4.74 Å². The number of rotatable bonds is 5. The Morgan fingerprint density at radius 3 is 2.47 bits per heavy atom. The van der Waals surface area contributed by atoms with Crippen molar-refractivity contribution in [3.63, 3.8) is 0 Å². The second-order valence-corrected chi connectivity index (χ2v) is 7.61. The van der Waals surface area contributed by atoms with Gasteiger partial charge < -0.3 is 9.64 Å². The highest BCUT2D eigenvalue weighted by atomic mass is 16.5. The Kier molecular flexibility index (Phi) is 4.96. The minimum absolute atomic E-state index is 0.772. The maximum atomic E-state index is 5.54. The van der Waals surface area contributed by atoms with Crippen LogP contribution < -0.4 is 9.64 Å². The molecule has 7 heteroatoms. The normalized spacial score (nSPS) is 15.2. The monoisotopic (exact) mass is 402 g/mol. The van der Waals surface area contributed by atoms with Crippen LogP contribution in [0.5, 0.6) is 5.75 Å². The van der Waals surface area contributed by atoms with Gasteiger partial charge >= 0.3 is 0 Å². The van der Waals surface area contributed by atoms with Gasteiger partial charge in [0, 0.05) is 38.0 Å². The molecule has 0 N–H and O–H groups in total. The van der Waals surface area contributed by atoms with Crippen molar-refractivity contribution in [1.29, 1.82) is 0 Å². The Morgan fingerprint density at radius 2 is 1.67 bits per heavy atom. The van der Waals surface area contributed by atoms with Gasteiger partial charge in [-0.15, -0.1) is 10.2 Å². The lowest BCUT2D eigenvalue weighted by atomic mass is 10.2. The number of aromatic nitrogens is 4. The van der Waals surface area contributed by atoms with E-state index in [2.05, 4.69) is 49.5 Å². The summed E-state index contributed by atoms with van der Waals surface area (Å²) < 4.78 is 7.68. The second-order valence-electron chi connectivity index (χ2n) is 7.61.